The summed E-state index contributed by atoms with van der Waals surface area (Å²) < 4.78 is 27.8. The summed E-state index contributed by atoms with van der Waals surface area (Å²) in [7, 11) is 0. The van der Waals surface area contributed by atoms with Gasteiger partial charge in [-0.2, -0.15) is 0 Å². The normalized spacial score (nSPS) is 17.6. The highest BCUT2D eigenvalue weighted by molar-refractivity contribution is 6.51. The average molecular weight is 512 g/mol. The minimum absolute atomic E-state index is 0.0470. The van der Waals surface area contributed by atoms with Crippen molar-refractivity contribution in [3.8, 4) is 5.75 Å². The zero-order chi connectivity index (χ0) is 26.5. The van der Waals surface area contributed by atoms with Crippen molar-refractivity contribution in [3.63, 3.8) is 0 Å². The maximum atomic E-state index is 14.1. The summed E-state index contributed by atoms with van der Waals surface area (Å²) in [5.41, 5.74) is 1.64. The fourth-order valence-electron chi connectivity index (χ4n) is 4.23. The standard InChI is InChI=1S/C28H24ClF2NO4/c1-14-5-7-16(28(2,3)4)12-18(14)25(34)23-24(15-6-10-22(33)19(29)11-15)32(27(36)26(23)35)17-8-9-20(30)21(31)13-17/h5-13,24,33-34H,1-4H3/b25-23+. The van der Waals surface area contributed by atoms with E-state index in [2.05, 4.69) is 0 Å². The van der Waals surface area contributed by atoms with E-state index in [0.717, 1.165) is 22.6 Å². The Hall–Kier alpha value is -3.71. The second-order valence-corrected chi connectivity index (χ2v) is 10.2. The molecule has 1 unspecified atom stereocenters. The van der Waals surface area contributed by atoms with Crippen LogP contribution in [-0.2, 0) is 15.0 Å². The van der Waals surface area contributed by atoms with Crippen molar-refractivity contribution < 1.29 is 28.6 Å². The number of rotatable bonds is 3. The summed E-state index contributed by atoms with van der Waals surface area (Å²) in [6.07, 6.45) is 0. The Balaban J connectivity index is 2.01. The van der Waals surface area contributed by atoms with Gasteiger partial charge in [0.25, 0.3) is 11.7 Å². The second-order valence-electron chi connectivity index (χ2n) is 9.76. The number of aromatic hydroxyl groups is 1. The number of carbonyl (C=O) groups excluding carboxylic acids is 2. The summed E-state index contributed by atoms with van der Waals surface area (Å²) in [4.78, 5) is 27.5. The van der Waals surface area contributed by atoms with E-state index in [1.165, 1.54) is 24.3 Å². The first kappa shape index (κ1) is 25.4. The van der Waals surface area contributed by atoms with Gasteiger partial charge in [0.1, 0.15) is 11.5 Å². The van der Waals surface area contributed by atoms with Crippen LogP contribution in [-0.4, -0.2) is 21.9 Å². The molecule has 0 aromatic heterocycles. The van der Waals surface area contributed by atoms with Crippen LogP contribution in [0.25, 0.3) is 5.76 Å². The average Bonchev–Trinajstić information content (AvgIpc) is 3.07. The first-order valence-electron chi connectivity index (χ1n) is 11.2. The van der Waals surface area contributed by atoms with Crippen molar-refractivity contribution in [1.29, 1.82) is 0 Å². The molecule has 1 amide bonds. The number of carbonyl (C=O) groups is 2. The van der Waals surface area contributed by atoms with Crippen LogP contribution >= 0.6 is 11.6 Å². The maximum absolute atomic E-state index is 14.1. The molecule has 3 aromatic rings. The van der Waals surface area contributed by atoms with Crippen LogP contribution < -0.4 is 4.90 Å². The molecule has 1 heterocycles. The quantitative estimate of drug-likeness (QED) is 0.237. The maximum Gasteiger partial charge on any atom is 0.300 e. The summed E-state index contributed by atoms with van der Waals surface area (Å²) in [6, 6.07) is 11.2. The Morgan fingerprint density at radius 3 is 2.28 bits per heavy atom. The van der Waals surface area contributed by atoms with Gasteiger partial charge in [0.05, 0.1) is 16.6 Å². The fraction of sp³-hybridized carbons (Fsp3) is 0.214. The van der Waals surface area contributed by atoms with Crippen LogP contribution in [0.4, 0.5) is 14.5 Å². The molecule has 1 aliphatic heterocycles. The van der Waals surface area contributed by atoms with Gasteiger partial charge in [-0.1, -0.05) is 50.6 Å². The monoisotopic (exact) mass is 511 g/mol. The SMILES string of the molecule is Cc1ccc(C(C)(C)C)cc1/C(O)=C1\C(=O)C(=O)N(c2ccc(F)c(F)c2)C1c1ccc(O)c(Cl)c1. The van der Waals surface area contributed by atoms with Crippen molar-refractivity contribution >= 4 is 34.7 Å². The van der Waals surface area contributed by atoms with Gasteiger partial charge >= 0.3 is 0 Å². The Morgan fingerprint density at radius 2 is 1.67 bits per heavy atom. The van der Waals surface area contributed by atoms with Gasteiger partial charge in [0.15, 0.2) is 11.6 Å². The molecular formula is C28H24ClF2NO4. The van der Waals surface area contributed by atoms with E-state index in [9.17, 15) is 28.6 Å². The van der Waals surface area contributed by atoms with Crippen molar-refractivity contribution in [2.24, 2.45) is 0 Å². The number of halogens is 3. The van der Waals surface area contributed by atoms with Crippen molar-refractivity contribution in [1.82, 2.24) is 0 Å². The van der Waals surface area contributed by atoms with Crippen LogP contribution in [0.15, 0.2) is 60.2 Å². The molecule has 1 atom stereocenters. The number of amides is 1. The Bertz CT molecular complexity index is 1440. The number of aliphatic hydroxyl groups is 1. The Labute approximate surface area is 212 Å². The second kappa shape index (κ2) is 9.06. The number of ketones is 1. The molecule has 5 nitrogen and oxygen atoms in total. The molecule has 186 valence electrons. The number of hydrogen-bond acceptors (Lipinski definition) is 4. The van der Waals surface area contributed by atoms with E-state index in [4.69, 9.17) is 11.6 Å². The lowest BCUT2D eigenvalue weighted by Gasteiger charge is -2.26. The van der Waals surface area contributed by atoms with E-state index in [-0.39, 0.29) is 33.0 Å². The predicted molar refractivity (Wildman–Crippen MR) is 134 cm³/mol. The molecule has 0 aliphatic carbocycles. The van der Waals surface area contributed by atoms with Crippen molar-refractivity contribution in [3.05, 3.63) is 99.1 Å². The van der Waals surface area contributed by atoms with Gasteiger partial charge in [0, 0.05) is 17.3 Å². The summed E-state index contributed by atoms with van der Waals surface area (Å²) in [5.74, 6) is -4.97. The zero-order valence-electron chi connectivity index (χ0n) is 20.1. The van der Waals surface area contributed by atoms with Crippen molar-refractivity contribution in [2.75, 3.05) is 4.90 Å². The number of hydrogen-bond donors (Lipinski definition) is 2. The lowest BCUT2D eigenvalue weighted by atomic mass is 9.84. The molecule has 2 N–H and O–H groups in total. The molecule has 1 aliphatic rings. The molecule has 0 radical (unpaired) electrons. The minimum atomic E-state index is -1.22. The van der Waals surface area contributed by atoms with E-state index < -0.39 is 35.1 Å². The molecular weight excluding hydrogens is 488 g/mol. The van der Waals surface area contributed by atoms with E-state index in [1.807, 2.05) is 32.9 Å². The first-order chi connectivity index (χ1) is 16.8. The number of anilines is 1. The molecule has 36 heavy (non-hydrogen) atoms. The molecule has 0 saturated carbocycles. The minimum Gasteiger partial charge on any atom is -0.507 e. The van der Waals surface area contributed by atoms with Crippen molar-refractivity contribution in [2.45, 2.75) is 39.2 Å². The number of phenolic OH excluding ortho intramolecular Hbond substituents is 1. The smallest absolute Gasteiger partial charge is 0.300 e. The Morgan fingerprint density at radius 1 is 0.972 bits per heavy atom. The highest BCUT2D eigenvalue weighted by Crippen LogP contribution is 2.44. The third-order valence-corrected chi connectivity index (χ3v) is 6.57. The predicted octanol–water partition coefficient (Wildman–Crippen LogP) is 6.56. The summed E-state index contributed by atoms with van der Waals surface area (Å²) >= 11 is 6.12. The molecule has 8 heteroatoms. The highest BCUT2D eigenvalue weighted by atomic mass is 35.5. The molecule has 1 saturated heterocycles. The van der Waals surface area contributed by atoms with Gasteiger partial charge in [-0.3, -0.25) is 14.5 Å². The van der Waals surface area contributed by atoms with Crippen LogP contribution in [0.2, 0.25) is 5.02 Å². The number of phenols is 1. The van der Waals surface area contributed by atoms with Gasteiger partial charge in [-0.25, -0.2) is 8.78 Å². The zero-order valence-corrected chi connectivity index (χ0v) is 20.8. The number of benzene rings is 3. The molecule has 3 aromatic carbocycles. The first-order valence-corrected chi connectivity index (χ1v) is 11.5. The van der Waals surface area contributed by atoms with Crippen LogP contribution in [0.3, 0.4) is 0 Å². The molecule has 4 rings (SSSR count). The lowest BCUT2D eigenvalue weighted by molar-refractivity contribution is -0.132. The van der Waals surface area contributed by atoms with Gasteiger partial charge in [0.2, 0.25) is 0 Å². The topological polar surface area (TPSA) is 77.8 Å². The summed E-state index contributed by atoms with van der Waals surface area (Å²) in [5, 5.41) is 21.3. The Kier molecular flexibility index (Phi) is 6.39. The van der Waals surface area contributed by atoms with Gasteiger partial charge < -0.3 is 10.2 Å². The number of nitrogens with zero attached hydrogens (tertiary/aromatic N) is 1. The number of Topliss-reactive ketones (excluding diaryl/α,β-unsaturated/α-hetero) is 1. The van der Waals surface area contributed by atoms with E-state index in [0.29, 0.717) is 11.1 Å². The lowest BCUT2D eigenvalue weighted by Crippen LogP contribution is -2.29. The fourth-order valence-corrected chi connectivity index (χ4v) is 4.42. The van der Waals surface area contributed by atoms with Crippen LogP contribution in [0.5, 0.6) is 5.75 Å². The number of aryl methyl sites for hydroxylation is 1. The van der Waals surface area contributed by atoms with Gasteiger partial charge in [-0.15, -0.1) is 0 Å². The third-order valence-electron chi connectivity index (χ3n) is 6.27. The molecule has 1 fully saturated rings. The summed E-state index contributed by atoms with van der Waals surface area (Å²) in [6.45, 7) is 7.77. The third kappa shape index (κ3) is 4.35. The van der Waals surface area contributed by atoms with E-state index >= 15 is 0 Å². The van der Waals surface area contributed by atoms with Crippen LogP contribution in [0.1, 0.15) is 49.1 Å². The number of aliphatic hydroxyl groups excluding tert-OH is 1. The van der Waals surface area contributed by atoms with Crippen LogP contribution in [0, 0.1) is 18.6 Å². The highest BCUT2D eigenvalue weighted by Gasteiger charge is 2.47. The van der Waals surface area contributed by atoms with Gasteiger partial charge in [-0.05, 0) is 59.4 Å². The largest absolute Gasteiger partial charge is 0.507 e. The molecule has 0 spiro atoms. The molecule has 0 bridgehead atoms. The van der Waals surface area contributed by atoms with E-state index in [1.54, 1.807) is 13.0 Å².